The van der Waals surface area contributed by atoms with Gasteiger partial charge in [0.15, 0.2) is 0 Å². The van der Waals surface area contributed by atoms with E-state index >= 15 is 0 Å². The van der Waals surface area contributed by atoms with Gasteiger partial charge in [-0.05, 0) is 29.7 Å². The molecule has 0 saturated carbocycles. The van der Waals surface area contributed by atoms with Crippen molar-refractivity contribution in [1.82, 2.24) is 0 Å². The predicted octanol–water partition coefficient (Wildman–Crippen LogP) is 2.26. The van der Waals surface area contributed by atoms with E-state index in [1.165, 1.54) is 30.3 Å². The minimum atomic E-state index is -1.05. The number of hydrogen-bond acceptors (Lipinski definition) is 2. The molecule has 4 heteroatoms. The van der Waals surface area contributed by atoms with Gasteiger partial charge in [-0.25, -0.2) is 9.18 Å². The lowest BCUT2D eigenvalue weighted by atomic mass is 10.0. The molecule has 0 unspecified atom stereocenters. The summed E-state index contributed by atoms with van der Waals surface area (Å²) < 4.78 is 12.9. The molecule has 15 heavy (non-hydrogen) atoms. The number of carbonyl (C=O) groups is 1. The number of anilines is 1. The zero-order valence-electron chi connectivity index (χ0n) is 7.70. The Hall–Kier alpha value is -2.10. The fourth-order valence-corrected chi connectivity index (χ4v) is 1.53. The minimum Gasteiger partial charge on any atom is -0.478 e. The minimum absolute atomic E-state index is 0.124. The maximum Gasteiger partial charge on any atom is 0.336 e. The highest BCUT2D eigenvalue weighted by molar-refractivity contribution is 6.07. The summed E-state index contributed by atoms with van der Waals surface area (Å²) in [5, 5.41) is 9.78. The molecule has 0 radical (unpaired) electrons. The van der Waals surface area contributed by atoms with Crippen molar-refractivity contribution in [3.63, 3.8) is 0 Å². The summed E-state index contributed by atoms with van der Waals surface area (Å²) in [6, 6.07) is 6.75. The molecule has 3 nitrogen and oxygen atoms in total. The third kappa shape index (κ3) is 1.50. The summed E-state index contributed by atoms with van der Waals surface area (Å²) in [6.45, 7) is 0. The lowest BCUT2D eigenvalue weighted by Gasteiger charge is -2.05. The first-order valence-corrected chi connectivity index (χ1v) is 4.30. The summed E-state index contributed by atoms with van der Waals surface area (Å²) in [5.41, 5.74) is 6.13. The normalized spacial score (nSPS) is 10.5. The second-order valence-electron chi connectivity index (χ2n) is 3.20. The first-order valence-electron chi connectivity index (χ1n) is 4.30. The quantitative estimate of drug-likeness (QED) is 0.702. The van der Waals surface area contributed by atoms with Gasteiger partial charge in [-0.1, -0.05) is 6.07 Å². The van der Waals surface area contributed by atoms with E-state index in [0.29, 0.717) is 16.5 Å². The molecule has 0 spiro atoms. The molecular formula is C11H8FNO2. The highest BCUT2D eigenvalue weighted by atomic mass is 19.1. The fraction of sp³-hybridized carbons (Fsp3) is 0. The number of hydrogen-bond donors (Lipinski definition) is 2. The topological polar surface area (TPSA) is 63.3 Å². The first-order chi connectivity index (χ1) is 7.09. The zero-order valence-corrected chi connectivity index (χ0v) is 7.70. The zero-order chi connectivity index (χ0) is 11.0. The first kappa shape index (κ1) is 9.45. The smallest absolute Gasteiger partial charge is 0.336 e. The van der Waals surface area contributed by atoms with Crippen molar-refractivity contribution < 1.29 is 14.3 Å². The van der Waals surface area contributed by atoms with Crippen LogP contribution in [-0.2, 0) is 0 Å². The van der Waals surface area contributed by atoms with E-state index in [-0.39, 0.29) is 5.56 Å². The molecule has 0 saturated heterocycles. The van der Waals surface area contributed by atoms with Crippen LogP contribution in [0.25, 0.3) is 10.8 Å². The van der Waals surface area contributed by atoms with Gasteiger partial charge in [0.05, 0.1) is 5.56 Å². The van der Waals surface area contributed by atoms with Crippen LogP contribution in [0, 0.1) is 5.82 Å². The SMILES string of the molecule is Nc1ccc(C(=O)O)c2ccc(F)cc12. The van der Waals surface area contributed by atoms with E-state index in [1.807, 2.05) is 0 Å². The molecule has 0 aliphatic rings. The highest BCUT2D eigenvalue weighted by Gasteiger charge is 2.10. The van der Waals surface area contributed by atoms with Crippen molar-refractivity contribution in [3.8, 4) is 0 Å². The van der Waals surface area contributed by atoms with Gasteiger partial charge in [-0.15, -0.1) is 0 Å². The largest absolute Gasteiger partial charge is 0.478 e. The van der Waals surface area contributed by atoms with Gasteiger partial charge in [0, 0.05) is 11.1 Å². The van der Waals surface area contributed by atoms with Crippen LogP contribution >= 0.6 is 0 Å². The van der Waals surface area contributed by atoms with Gasteiger partial charge in [-0.3, -0.25) is 0 Å². The van der Waals surface area contributed by atoms with Gasteiger partial charge >= 0.3 is 5.97 Å². The standard InChI is InChI=1S/C11H8FNO2/c12-6-1-2-7-8(11(14)15)3-4-10(13)9(7)5-6/h1-5H,13H2,(H,14,15). The third-order valence-electron chi connectivity index (χ3n) is 2.24. The monoisotopic (exact) mass is 205 g/mol. The van der Waals surface area contributed by atoms with E-state index in [2.05, 4.69) is 0 Å². The Balaban J connectivity index is 2.88. The molecule has 0 aliphatic heterocycles. The number of rotatable bonds is 1. The number of aromatic carboxylic acids is 1. The number of halogens is 1. The highest BCUT2D eigenvalue weighted by Crippen LogP contribution is 2.25. The Morgan fingerprint density at radius 3 is 2.60 bits per heavy atom. The fourth-order valence-electron chi connectivity index (χ4n) is 1.53. The van der Waals surface area contributed by atoms with Crippen LogP contribution in [0.15, 0.2) is 30.3 Å². The number of carboxylic acid groups (broad SMARTS) is 1. The van der Waals surface area contributed by atoms with Gasteiger partial charge in [0.1, 0.15) is 5.82 Å². The van der Waals surface area contributed by atoms with E-state index in [0.717, 1.165) is 0 Å². The average molecular weight is 205 g/mol. The summed E-state index contributed by atoms with van der Waals surface area (Å²) in [7, 11) is 0. The van der Waals surface area contributed by atoms with Crippen LogP contribution < -0.4 is 5.73 Å². The maximum absolute atomic E-state index is 12.9. The van der Waals surface area contributed by atoms with Gasteiger partial charge in [-0.2, -0.15) is 0 Å². The van der Waals surface area contributed by atoms with Gasteiger partial charge in [0.25, 0.3) is 0 Å². The number of nitrogens with two attached hydrogens (primary N) is 1. The summed E-state index contributed by atoms with van der Waals surface area (Å²) in [5.74, 6) is -1.48. The molecule has 0 heterocycles. The van der Waals surface area contributed by atoms with E-state index < -0.39 is 11.8 Å². The molecule has 0 aliphatic carbocycles. The lowest BCUT2D eigenvalue weighted by Crippen LogP contribution is -1.99. The molecule has 0 fully saturated rings. The lowest BCUT2D eigenvalue weighted by molar-refractivity contribution is 0.0699. The van der Waals surface area contributed by atoms with Crippen LogP contribution in [0.3, 0.4) is 0 Å². The predicted molar refractivity (Wildman–Crippen MR) is 55.3 cm³/mol. The van der Waals surface area contributed by atoms with Crippen molar-refractivity contribution in [1.29, 1.82) is 0 Å². The molecule has 0 aromatic heterocycles. The number of benzene rings is 2. The van der Waals surface area contributed by atoms with E-state index in [4.69, 9.17) is 10.8 Å². The molecule has 0 atom stereocenters. The van der Waals surface area contributed by atoms with Crippen molar-refractivity contribution in [3.05, 3.63) is 41.7 Å². The summed E-state index contributed by atoms with van der Waals surface area (Å²) in [4.78, 5) is 10.9. The molecule has 0 amide bonds. The number of fused-ring (bicyclic) bond motifs is 1. The van der Waals surface area contributed by atoms with Crippen LogP contribution in [-0.4, -0.2) is 11.1 Å². The number of carboxylic acids is 1. The molecule has 2 aromatic rings. The van der Waals surface area contributed by atoms with Crippen molar-refractivity contribution >= 4 is 22.4 Å². The van der Waals surface area contributed by atoms with Gasteiger partial charge in [0.2, 0.25) is 0 Å². The van der Waals surface area contributed by atoms with E-state index in [1.54, 1.807) is 0 Å². The van der Waals surface area contributed by atoms with E-state index in [9.17, 15) is 9.18 Å². The van der Waals surface area contributed by atoms with Crippen molar-refractivity contribution in [2.75, 3.05) is 5.73 Å². The second-order valence-corrected chi connectivity index (χ2v) is 3.20. The summed E-state index contributed by atoms with van der Waals surface area (Å²) >= 11 is 0. The van der Waals surface area contributed by atoms with Crippen LogP contribution in [0.2, 0.25) is 0 Å². The van der Waals surface area contributed by atoms with Gasteiger partial charge < -0.3 is 10.8 Å². The Morgan fingerprint density at radius 1 is 1.20 bits per heavy atom. The molecule has 3 N–H and O–H groups in total. The third-order valence-corrected chi connectivity index (χ3v) is 2.24. The average Bonchev–Trinajstić information content (AvgIpc) is 2.19. The maximum atomic E-state index is 12.9. The molecule has 2 aromatic carbocycles. The summed E-state index contributed by atoms with van der Waals surface area (Å²) in [6.07, 6.45) is 0. The Labute approximate surface area is 84.9 Å². The molecular weight excluding hydrogens is 197 g/mol. The van der Waals surface area contributed by atoms with Crippen LogP contribution in [0.4, 0.5) is 10.1 Å². The number of nitrogen functional groups attached to an aromatic ring is 1. The Bertz CT molecular complexity index is 552. The van der Waals surface area contributed by atoms with Crippen LogP contribution in [0.5, 0.6) is 0 Å². The van der Waals surface area contributed by atoms with Crippen molar-refractivity contribution in [2.45, 2.75) is 0 Å². The Kier molecular flexibility index (Phi) is 2.04. The second kappa shape index (κ2) is 3.24. The van der Waals surface area contributed by atoms with Crippen LogP contribution in [0.1, 0.15) is 10.4 Å². The molecule has 0 bridgehead atoms. The molecule has 2 rings (SSSR count). The van der Waals surface area contributed by atoms with Crippen molar-refractivity contribution in [2.24, 2.45) is 0 Å². The Morgan fingerprint density at radius 2 is 1.93 bits per heavy atom. The molecule has 76 valence electrons.